The molecule has 11 heteroatoms. The minimum atomic E-state index is -4.68. The molecule has 3 aromatic heterocycles. The van der Waals surface area contributed by atoms with E-state index in [9.17, 15) is 26.3 Å². The summed E-state index contributed by atoms with van der Waals surface area (Å²) < 4.78 is 78.7. The van der Waals surface area contributed by atoms with Gasteiger partial charge in [0, 0.05) is 17.3 Å². The van der Waals surface area contributed by atoms with Gasteiger partial charge in [-0.05, 0) is 24.0 Å². The van der Waals surface area contributed by atoms with Crippen molar-refractivity contribution in [2.24, 2.45) is 0 Å². The van der Waals surface area contributed by atoms with E-state index in [0.29, 0.717) is 22.9 Å². The second-order valence-electron chi connectivity index (χ2n) is 5.48. The van der Waals surface area contributed by atoms with Crippen LogP contribution < -0.4 is 0 Å². The molecule has 0 aromatic carbocycles. The van der Waals surface area contributed by atoms with Gasteiger partial charge in [-0.1, -0.05) is 6.92 Å². The van der Waals surface area contributed by atoms with E-state index in [1.807, 2.05) is 6.92 Å². The topological polar surface area (TPSA) is 43.6 Å². The summed E-state index contributed by atoms with van der Waals surface area (Å²) in [5.41, 5.74) is -1.47. The van der Waals surface area contributed by atoms with Gasteiger partial charge in [0.1, 0.15) is 17.8 Å². The number of rotatable bonds is 4. The van der Waals surface area contributed by atoms with Gasteiger partial charge >= 0.3 is 12.4 Å². The molecule has 0 saturated carbocycles. The van der Waals surface area contributed by atoms with Gasteiger partial charge in [0.25, 0.3) is 0 Å². The third kappa shape index (κ3) is 4.18. The minimum absolute atomic E-state index is 0.167. The van der Waals surface area contributed by atoms with Crippen molar-refractivity contribution < 1.29 is 26.3 Å². The number of hydrogen-bond acceptors (Lipinski definition) is 4. The maximum absolute atomic E-state index is 13.1. The van der Waals surface area contributed by atoms with Gasteiger partial charge in [0.2, 0.25) is 0 Å². The molecule has 3 aromatic rings. The van der Waals surface area contributed by atoms with Crippen molar-refractivity contribution in [3.05, 3.63) is 36.2 Å². The molecule has 4 nitrogen and oxygen atoms in total. The van der Waals surface area contributed by atoms with E-state index >= 15 is 0 Å². The summed E-state index contributed by atoms with van der Waals surface area (Å²) in [6.07, 6.45) is -7.40. The van der Waals surface area contributed by atoms with E-state index in [-0.39, 0.29) is 22.7 Å². The molecular weight excluding hydrogens is 394 g/mol. The molecule has 27 heavy (non-hydrogen) atoms. The molecule has 3 rings (SSSR count). The Morgan fingerprint density at radius 1 is 1.11 bits per heavy atom. The SMILES string of the molecule is CCSc1cccnc1-c1nc2cc(C(F)(F)F)cnc2n1CC(F)(F)F. The summed E-state index contributed by atoms with van der Waals surface area (Å²) in [5, 5.41) is 0. The van der Waals surface area contributed by atoms with Crippen LogP contribution in [0.2, 0.25) is 0 Å². The van der Waals surface area contributed by atoms with Gasteiger partial charge in [-0.25, -0.2) is 9.97 Å². The van der Waals surface area contributed by atoms with Gasteiger partial charge in [0.05, 0.1) is 5.56 Å². The number of fused-ring (bicyclic) bond motifs is 1. The Bertz CT molecular complexity index is 964. The van der Waals surface area contributed by atoms with Crippen LogP contribution in [-0.2, 0) is 12.7 Å². The first-order chi connectivity index (χ1) is 12.6. The zero-order valence-corrected chi connectivity index (χ0v) is 14.6. The van der Waals surface area contributed by atoms with Crippen molar-refractivity contribution in [3.8, 4) is 11.5 Å². The zero-order chi connectivity index (χ0) is 19.8. The summed E-state index contributed by atoms with van der Waals surface area (Å²) in [5.74, 6) is 0.458. The van der Waals surface area contributed by atoms with Crippen LogP contribution >= 0.6 is 11.8 Å². The molecule has 0 fully saturated rings. The van der Waals surface area contributed by atoms with E-state index in [0.717, 1.165) is 4.57 Å². The van der Waals surface area contributed by atoms with E-state index in [1.165, 1.54) is 18.0 Å². The molecule has 0 bridgehead atoms. The number of imidazole rings is 1. The van der Waals surface area contributed by atoms with Crippen LogP contribution in [0.5, 0.6) is 0 Å². The number of halogens is 6. The number of alkyl halides is 6. The molecule has 0 saturated heterocycles. The van der Waals surface area contributed by atoms with Crippen LogP contribution in [-0.4, -0.2) is 31.4 Å². The lowest BCUT2D eigenvalue weighted by Gasteiger charge is -2.13. The van der Waals surface area contributed by atoms with Gasteiger partial charge in [-0.3, -0.25) is 9.55 Å². The average molecular weight is 406 g/mol. The fourth-order valence-electron chi connectivity index (χ4n) is 2.51. The maximum Gasteiger partial charge on any atom is 0.417 e. The average Bonchev–Trinajstić information content (AvgIpc) is 2.91. The highest BCUT2D eigenvalue weighted by Gasteiger charge is 2.34. The molecular formula is C16H12F6N4S. The van der Waals surface area contributed by atoms with Gasteiger partial charge in [-0.2, -0.15) is 26.3 Å². The van der Waals surface area contributed by atoms with E-state index < -0.39 is 24.5 Å². The van der Waals surface area contributed by atoms with Crippen molar-refractivity contribution in [1.82, 2.24) is 19.5 Å². The molecule has 144 valence electrons. The molecule has 0 unspecified atom stereocenters. The second kappa shape index (κ2) is 7.02. The number of nitrogens with zero attached hydrogens (tertiary/aromatic N) is 4. The molecule has 0 N–H and O–H groups in total. The molecule has 0 radical (unpaired) electrons. The van der Waals surface area contributed by atoms with E-state index in [2.05, 4.69) is 15.0 Å². The summed E-state index contributed by atoms with van der Waals surface area (Å²) in [6.45, 7) is 0.418. The first-order valence-electron chi connectivity index (χ1n) is 7.68. The van der Waals surface area contributed by atoms with Crippen LogP contribution in [0, 0.1) is 0 Å². The van der Waals surface area contributed by atoms with Gasteiger partial charge in [0.15, 0.2) is 11.5 Å². The number of thioether (sulfide) groups is 1. The lowest BCUT2D eigenvalue weighted by molar-refractivity contribution is -0.140. The molecule has 0 atom stereocenters. The molecule has 0 spiro atoms. The highest BCUT2D eigenvalue weighted by Crippen LogP contribution is 2.35. The first-order valence-corrected chi connectivity index (χ1v) is 8.67. The summed E-state index contributed by atoms with van der Waals surface area (Å²) in [4.78, 5) is 12.3. The second-order valence-corrected chi connectivity index (χ2v) is 6.79. The summed E-state index contributed by atoms with van der Waals surface area (Å²) >= 11 is 1.34. The lowest BCUT2D eigenvalue weighted by Crippen LogP contribution is -2.19. The fourth-order valence-corrected chi connectivity index (χ4v) is 3.27. The largest absolute Gasteiger partial charge is 0.417 e. The monoisotopic (exact) mass is 406 g/mol. The van der Waals surface area contributed by atoms with Crippen LogP contribution in [0.15, 0.2) is 35.5 Å². The summed E-state index contributed by atoms with van der Waals surface area (Å²) in [7, 11) is 0. The van der Waals surface area contributed by atoms with Crippen LogP contribution in [0.4, 0.5) is 26.3 Å². The zero-order valence-electron chi connectivity index (χ0n) is 13.8. The standard InChI is InChI=1S/C16H12F6N4S/c1-2-27-11-4-3-5-23-12(11)14-25-10-6-9(16(20,21)22)7-24-13(10)26(14)8-15(17,18)19/h3-7H,2,8H2,1H3. The van der Waals surface area contributed by atoms with E-state index in [4.69, 9.17) is 0 Å². The molecule has 0 aliphatic heterocycles. The Labute approximate surface area is 153 Å². The van der Waals surface area contributed by atoms with Crippen molar-refractivity contribution in [2.75, 3.05) is 5.75 Å². The Morgan fingerprint density at radius 2 is 1.85 bits per heavy atom. The van der Waals surface area contributed by atoms with Crippen molar-refractivity contribution >= 4 is 22.9 Å². The molecule has 0 aliphatic rings. The highest BCUT2D eigenvalue weighted by molar-refractivity contribution is 7.99. The normalized spacial score (nSPS) is 12.7. The minimum Gasteiger partial charge on any atom is -0.298 e. The Balaban J connectivity index is 2.26. The van der Waals surface area contributed by atoms with Crippen molar-refractivity contribution in [2.45, 2.75) is 30.7 Å². The van der Waals surface area contributed by atoms with Crippen LogP contribution in [0.25, 0.3) is 22.7 Å². The quantitative estimate of drug-likeness (QED) is 0.442. The predicted octanol–water partition coefficient (Wildman–Crippen LogP) is 5.19. The van der Waals surface area contributed by atoms with E-state index in [1.54, 1.807) is 12.1 Å². The van der Waals surface area contributed by atoms with Crippen LogP contribution in [0.1, 0.15) is 12.5 Å². The Hall–Kier alpha value is -2.30. The summed E-state index contributed by atoms with van der Waals surface area (Å²) in [6, 6.07) is 3.98. The number of pyridine rings is 2. The Kier molecular flexibility index (Phi) is 5.06. The third-order valence-corrected chi connectivity index (χ3v) is 4.46. The van der Waals surface area contributed by atoms with Crippen LogP contribution in [0.3, 0.4) is 0 Å². The van der Waals surface area contributed by atoms with Gasteiger partial charge < -0.3 is 0 Å². The molecule has 0 amide bonds. The smallest absolute Gasteiger partial charge is 0.298 e. The van der Waals surface area contributed by atoms with Crippen molar-refractivity contribution in [1.29, 1.82) is 0 Å². The first kappa shape index (κ1) is 19.5. The lowest BCUT2D eigenvalue weighted by atomic mass is 10.2. The fraction of sp³-hybridized carbons (Fsp3) is 0.312. The Morgan fingerprint density at radius 3 is 2.48 bits per heavy atom. The molecule has 0 aliphatic carbocycles. The third-order valence-electron chi connectivity index (χ3n) is 3.53. The highest BCUT2D eigenvalue weighted by atomic mass is 32.2. The maximum atomic E-state index is 13.1. The van der Waals surface area contributed by atoms with Gasteiger partial charge in [-0.15, -0.1) is 11.8 Å². The number of aromatic nitrogens is 4. The predicted molar refractivity (Wildman–Crippen MR) is 88.2 cm³/mol. The van der Waals surface area contributed by atoms with Crippen molar-refractivity contribution in [3.63, 3.8) is 0 Å². The molecule has 3 heterocycles. The number of hydrogen-bond donors (Lipinski definition) is 0.